The van der Waals surface area contributed by atoms with Crippen LogP contribution in [-0.4, -0.2) is 7.11 Å². The molecule has 0 fully saturated rings. The number of benzene rings is 2. The second-order valence-corrected chi connectivity index (χ2v) is 4.81. The minimum atomic E-state index is -0.929. The highest BCUT2D eigenvalue weighted by molar-refractivity contribution is 9.10. The molecule has 0 aliphatic carbocycles. The predicted molar refractivity (Wildman–Crippen MR) is 73.1 cm³/mol. The van der Waals surface area contributed by atoms with E-state index in [1.807, 2.05) is 0 Å². The van der Waals surface area contributed by atoms with Gasteiger partial charge in [-0.2, -0.15) is 0 Å². The van der Waals surface area contributed by atoms with Crippen LogP contribution in [0.4, 0.5) is 8.78 Å². The van der Waals surface area contributed by atoms with E-state index in [9.17, 15) is 8.78 Å². The zero-order valence-electron chi connectivity index (χ0n) is 10.2. The van der Waals surface area contributed by atoms with Gasteiger partial charge in [0.25, 0.3) is 0 Å². The third kappa shape index (κ3) is 2.77. The van der Waals surface area contributed by atoms with Crippen LogP contribution in [0.2, 0.25) is 0 Å². The van der Waals surface area contributed by atoms with Gasteiger partial charge < -0.3 is 10.5 Å². The van der Waals surface area contributed by atoms with Crippen LogP contribution in [0.1, 0.15) is 17.2 Å². The van der Waals surface area contributed by atoms with E-state index in [1.165, 1.54) is 6.07 Å². The van der Waals surface area contributed by atoms with Gasteiger partial charge in [-0.1, -0.05) is 18.2 Å². The molecule has 0 aliphatic rings. The highest BCUT2D eigenvalue weighted by Gasteiger charge is 2.17. The molecule has 0 spiro atoms. The maximum absolute atomic E-state index is 13.5. The zero-order valence-corrected chi connectivity index (χ0v) is 11.7. The van der Waals surface area contributed by atoms with E-state index in [2.05, 4.69) is 15.9 Å². The SMILES string of the molecule is COc1ccc(C(N)c2ccc(F)c(F)c2Br)cc1. The van der Waals surface area contributed by atoms with Crippen LogP contribution in [0.15, 0.2) is 40.9 Å². The van der Waals surface area contributed by atoms with E-state index >= 15 is 0 Å². The summed E-state index contributed by atoms with van der Waals surface area (Å²) in [6.45, 7) is 0. The summed E-state index contributed by atoms with van der Waals surface area (Å²) >= 11 is 3.04. The van der Waals surface area contributed by atoms with E-state index in [1.54, 1.807) is 31.4 Å². The number of hydrogen-bond donors (Lipinski definition) is 1. The summed E-state index contributed by atoms with van der Waals surface area (Å²) in [6.07, 6.45) is 0. The monoisotopic (exact) mass is 327 g/mol. The first-order chi connectivity index (χ1) is 9.04. The number of ether oxygens (including phenoxy) is 1. The Balaban J connectivity index is 2.38. The minimum Gasteiger partial charge on any atom is -0.497 e. The molecule has 5 heteroatoms. The zero-order chi connectivity index (χ0) is 14.0. The van der Waals surface area contributed by atoms with Gasteiger partial charge in [0.05, 0.1) is 17.6 Å². The number of nitrogens with two attached hydrogens (primary N) is 1. The molecule has 2 nitrogen and oxygen atoms in total. The van der Waals surface area contributed by atoms with Crippen molar-refractivity contribution < 1.29 is 13.5 Å². The first-order valence-electron chi connectivity index (χ1n) is 5.57. The van der Waals surface area contributed by atoms with Gasteiger partial charge in [0, 0.05) is 0 Å². The summed E-state index contributed by atoms with van der Waals surface area (Å²) in [5, 5.41) is 0. The molecule has 0 radical (unpaired) electrons. The van der Waals surface area contributed by atoms with E-state index in [-0.39, 0.29) is 4.47 Å². The van der Waals surface area contributed by atoms with Gasteiger partial charge in [-0.3, -0.25) is 0 Å². The standard InChI is InChI=1S/C14H12BrF2NO/c1-19-9-4-2-8(3-5-9)14(18)10-6-7-11(16)13(17)12(10)15/h2-7,14H,18H2,1H3. The van der Waals surface area contributed by atoms with Crippen LogP contribution < -0.4 is 10.5 Å². The van der Waals surface area contributed by atoms with Gasteiger partial charge >= 0.3 is 0 Å². The largest absolute Gasteiger partial charge is 0.497 e. The van der Waals surface area contributed by atoms with Crippen LogP contribution >= 0.6 is 15.9 Å². The van der Waals surface area contributed by atoms with Gasteiger partial charge in [0.2, 0.25) is 0 Å². The third-order valence-corrected chi connectivity index (χ3v) is 3.68. The van der Waals surface area contributed by atoms with Crippen molar-refractivity contribution in [2.45, 2.75) is 6.04 Å². The average Bonchev–Trinajstić information content (AvgIpc) is 2.44. The van der Waals surface area contributed by atoms with Crippen molar-refractivity contribution in [1.29, 1.82) is 0 Å². The Kier molecular flexibility index (Phi) is 4.17. The van der Waals surface area contributed by atoms with Crippen molar-refractivity contribution in [3.8, 4) is 5.75 Å². The van der Waals surface area contributed by atoms with Gasteiger partial charge in [0.1, 0.15) is 5.75 Å². The second kappa shape index (κ2) is 5.67. The number of halogens is 3. The molecule has 2 rings (SSSR count). The Morgan fingerprint density at radius 1 is 1.11 bits per heavy atom. The molecule has 0 saturated heterocycles. The fraction of sp³-hybridized carbons (Fsp3) is 0.143. The van der Waals surface area contributed by atoms with Crippen molar-refractivity contribution in [1.82, 2.24) is 0 Å². The number of methoxy groups -OCH3 is 1. The molecule has 0 saturated carbocycles. The second-order valence-electron chi connectivity index (χ2n) is 4.02. The van der Waals surface area contributed by atoms with Crippen molar-refractivity contribution in [3.05, 3.63) is 63.6 Å². The third-order valence-electron chi connectivity index (χ3n) is 2.88. The highest BCUT2D eigenvalue weighted by Crippen LogP contribution is 2.30. The number of hydrogen-bond acceptors (Lipinski definition) is 2. The molecule has 1 unspecified atom stereocenters. The summed E-state index contributed by atoms with van der Waals surface area (Å²) in [4.78, 5) is 0. The summed E-state index contributed by atoms with van der Waals surface area (Å²) in [5.74, 6) is -1.13. The molecule has 0 heterocycles. The molecule has 19 heavy (non-hydrogen) atoms. The van der Waals surface area contributed by atoms with Crippen molar-refractivity contribution in [2.75, 3.05) is 7.11 Å². The van der Waals surface area contributed by atoms with Crippen LogP contribution in [0.5, 0.6) is 5.75 Å². The maximum Gasteiger partial charge on any atom is 0.173 e. The van der Waals surface area contributed by atoms with Crippen molar-refractivity contribution >= 4 is 15.9 Å². The highest BCUT2D eigenvalue weighted by atomic mass is 79.9. The Morgan fingerprint density at radius 3 is 2.32 bits per heavy atom. The van der Waals surface area contributed by atoms with Crippen molar-refractivity contribution in [2.24, 2.45) is 5.73 Å². The first kappa shape index (κ1) is 14.0. The lowest BCUT2D eigenvalue weighted by Crippen LogP contribution is -2.13. The fourth-order valence-electron chi connectivity index (χ4n) is 1.77. The summed E-state index contributed by atoms with van der Waals surface area (Å²) in [6, 6.07) is 9.10. The molecule has 0 aliphatic heterocycles. The van der Waals surface area contributed by atoms with E-state index in [4.69, 9.17) is 10.5 Å². The Hall–Kier alpha value is -1.46. The van der Waals surface area contributed by atoms with Crippen molar-refractivity contribution in [3.63, 3.8) is 0 Å². The molecule has 2 aromatic carbocycles. The van der Waals surface area contributed by atoms with Crippen LogP contribution in [0, 0.1) is 11.6 Å². The summed E-state index contributed by atoms with van der Waals surface area (Å²) < 4.78 is 31.7. The first-order valence-corrected chi connectivity index (χ1v) is 6.37. The van der Waals surface area contributed by atoms with E-state index < -0.39 is 17.7 Å². The average molecular weight is 328 g/mol. The lowest BCUT2D eigenvalue weighted by Gasteiger charge is -2.15. The Bertz CT molecular complexity index is 587. The smallest absolute Gasteiger partial charge is 0.173 e. The Labute approximate surface area is 118 Å². The predicted octanol–water partition coefficient (Wildman–Crippen LogP) is 3.78. The van der Waals surface area contributed by atoms with Gasteiger partial charge in [-0.05, 0) is 45.3 Å². The van der Waals surface area contributed by atoms with Gasteiger partial charge in [-0.25, -0.2) is 8.78 Å². The molecule has 0 amide bonds. The molecule has 1 atom stereocenters. The molecule has 100 valence electrons. The van der Waals surface area contributed by atoms with Gasteiger partial charge in [0.15, 0.2) is 11.6 Å². The van der Waals surface area contributed by atoms with Crippen LogP contribution in [0.25, 0.3) is 0 Å². The van der Waals surface area contributed by atoms with Crippen LogP contribution in [-0.2, 0) is 0 Å². The summed E-state index contributed by atoms with van der Waals surface area (Å²) in [7, 11) is 1.57. The molecular weight excluding hydrogens is 316 g/mol. The number of rotatable bonds is 3. The van der Waals surface area contributed by atoms with Gasteiger partial charge in [-0.15, -0.1) is 0 Å². The summed E-state index contributed by atoms with van der Waals surface area (Å²) in [5.41, 5.74) is 7.34. The quantitative estimate of drug-likeness (QED) is 0.870. The molecule has 2 aromatic rings. The fourth-order valence-corrected chi connectivity index (χ4v) is 2.34. The Morgan fingerprint density at radius 2 is 1.74 bits per heavy atom. The molecule has 2 N–H and O–H groups in total. The molecular formula is C14H12BrF2NO. The normalized spacial score (nSPS) is 12.3. The van der Waals surface area contributed by atoms with Crippen LogP contribution in [0.3, 0.4) is 0 Å². The van der Waals surface area contributed by atoms with E-state index in [0.29, 0.717) is 11.3 Å². The maximum atomic E-state index is 13.5. The lowest BCUT2D eigenvalue weighted by molar-refractivity contribution is 0.414. The molecule has 0 aromatic heterocycles. The molecule has 0 bridgehead atoms. The minimum absolute atomic E-state index is 0.0517. The lowest BCUT2D eigenvalue weighted by atomic mass is 9.99. The topological polar surface area (TPSA) is 35.2 Å². The van der Waals surface area contributed by atoms with E-state index in [0.717, 1.165) is 11.6 Å².